The van der Waals surface area contributed by atoms with Gasteiger partial charge in [0, 0.05) is 17.4 Å². The molecule has 2 aromatic carbocycles. The summed E-state index contributed by atoms with van der Waals surface area (Å²) in [5.41, 5.74) is 1.42. The third-order valence-electron chi connectivity index (χ3n) is 4.28. The lowest BCUT2D eigenvalue weighted by atomic mass is 10.2. The summed E-state index contributed by atoms with van der Waals surface area (Å²) in [6.45, 7) is 2.58. The number of methoxy groups -OCH3 is 1. The smallest absolute Gasteiger partial charge is 0.242 e. The number of amidine groups is 1. The van der Waals surface area contributed by atoms with Crippen molar-refractivity contribution in [3.8, 4) is 5.75 Å². The van der Waals surface area contributed by atoms with Crippen LogP contribution in [0, 0.1) is 0 Å². The van der Waals surface area contributed by atoms with Crippen molar-refractivity contribution in [1.29, 1.82) is 0 Å². The van der Waals surface area contributed by atoms with Crippen LogP contribution in [0.25, 0.3) is 0 Å². The average Bonchev–Trinajstić information content (AvgIpc) is 2.99. The number of aliphatic imine (C=N–C) groups is 1. The Morgan fingerprint density at radius 3 is 2.62 bits per heavy atom. The van der Waals surface area contributed by atoms with Crippen molar-refractivity contribution in [2.45, 2.75) is 25.0 Å². The van der Waals surface area contributed by atoms with Crippen molar-refractivity contribution in [2.75, 3.05) is 19.0 Å². The molecule has 0 aromatic heterocycles. The molecular weight excluding hydrogens is 454 g/mol. The number of para-hydroxylation sites is 1. The summed E-state index contributed by atoms with van der Waals surface area (Å²) in [7, 11) is 1.61. The van der Waals surface area contributed by atoms with E-state index in [1.807, 2.05) is 55.5 Å². The van der Waals surface area contributed by atoms with Gasteiger partial charge in [-0.05, 0) is 58.7 Å². The average molecular weight is 476 g/mol. The molecule has 2 aromatic rings. The molecule has 1 aliphatic rings. The number of thioether (sulfide) groups is 1. The van der Waals surface area contributed by atoms with Crippen molar-refractivity contribution in [1.82, 2.24) is 4.90 Å². The lowest BCUT2D eigenvalue weighted by Crippen LogP contribution is -2.34. The Kier molecular flexibility index (Phi) is 7.33. The Labute approximate surface area is 182 Å². The van der Waals surface area contributed by atoms with E-state index in [1.165, 1.54) is 11.8 Å². The van der Waals surface area contributed by atoms with Gasteiger partial charge in [0.2, 0.25) is 11.8 Å². The fraction of sp³-hybridized carbons (Fsp3) is 0.286. The molecule has 1 aliphatic heterocycles. The number of hydrogen-bond acceptors (Lipinski definition) is 5. The van der Waals surface area contributed by atoms with Gasteiger partial charge in [-0.1, -0.05) is 30.8 Å². The van der Waals surface area contributed by atoms with Crippen molar-refractivity contribution in [3.63, 3.8) is 0 Å². The zero-order valence-corrected chi connectivity index (χ0v) is 18.6. The van der Waals surface area contributed by atoms with E-state index >= 15 is 0 Å². The SMILES string of the molecule is CCCN1C(=O)C(CC(=O)Nc2ccccc2Br)SC1=Nc1ccc(OC)cc1. The van der Waals surface area contributed by atoms with Gasteiger partial charge in [-0.15, -0.1) is 0 Å². The highest BCUT2D eigenvalue weighted by Crippen LogP contribution is 2.32. The summed E-state index contributed by atoms with van der Waals surface area (Å²) in [5, 5.41) is 3.00. The van der Waals surface area contributed by atoms with Crippen molar-refractivity contribution in [2.24, 2.45) is 4.99 Å². The summed E-state index contributed by atoms with van der Waals surface area (Å²) < 4.78 is 5.97. The predicted octanol–water partition coefficient (Wildman–Crippen LogP) is 4.83. The molecule has 1 heterocycles. The van der Waals surface area contributed by atoms with Crippen LogP contribution in [-0.4, -0.2) is 40.8 Å². The van der Waals surface area contributed by atoms with Crippen LogP contribution in [-0.2, 0) is 9.59 Å². The maximum absolute atomic E-state index is 12.9. The second kappa shape index (κ2) is 9.93. The van der Waals surface area contributed by atoms with E-state index in [4.69, 9.17) is 4.74 Å². The molecule has 1 N–H and O–H groups in total. The molecule has 152 valence electrons. The van der Waals surface area contributed by atoms with E-state index < -0.39 is 5.25 Å². The van der Waals surface area contributed by atoms with Crippen LogP contribution in [0.3, 0.4) is 0 Å². The van der Waals surface area contributed by atoms with Gasteiger partial charge in [-0.2, -0.15) is 0 Å². The Balaban J connectivity index is 1.73. The molecule has 0 aliphatic carbocycles. The van der Waals surface area contributed by atoms with E-state index in [0.717, 1.165) is 22.3 Å². The number of amides is 2. The van der Waals surface area contributed by atoms with Crippen molar-refractivity contribution >= 4 is 56.0 Å². The molecule has 0 bridgehead atoms. The van der Waals surface area contributed by atoms with E-state index in [-0.39, 0.29) is 18.2 Å². The van der Waals surface area contributed by atoms with Gasteiger partial charge in [0.1, 0.15) is 11.0 Å². The molecule has 3 rings (SSSR count). The molecule has 1 atom stereocenters. The quantitative estimate of drug-likeness (QED) is 0.622. The van der Waals surface area contributed by atoms with Crippen molar-refractivity contribution in [3.05, 3.63) is 53.0 Å². The summed E-state index contributed by atoms with van der Waals surface area (Å²) in [6, 6.07) is 14.7. The number of nitrogens with zero attached hydrogens (tertiary/aromatic N) is 2. The normalized spacial score (nSPS) is 17.6. The largest absolute Gasteiger partial charge is 0.497 e. The zero-order valence-electron chi connectivity index (χ0n) is 16.2. The summed E-state index contributed by atoms with van der Waals surface area (Å²) in [6.07, 6.45) is 0.899. The van der Waals surface area contributed by atoms with Gasteiger partial charge in [-0.25, -0.2) is 4.99 Å². The number of hydrogen-bond donors (Lipinski definition) is 1. The molecule has 0 spiro atoms. The van der Waals surface area contributed by atoms with Gasteiger partial charge < -0.3 is 10.1 Å². The molecule has 2 amide bonds. The first kappa shape index (κ1) is 21.4. The van der Waals surface area contributed by atoms with Crippen LogP contribution in [0.15, 0.2) is 58.0 Å². The first-order valence-corrected chi connectivity index (χ1v) is 10.9. The monoisotopic (exact) mass is 475 g/mol. The Morgan fingerprint density at radius 2 is 1.97 bits per heavy atom. The Morgan fingerprint density at radius 1 is 1.24 bits per heavy atom. The van der Waals surface area contributed by atoms with Crippen molar-refractivity contribution < 1.29 is 14.3 Å². The third kappa shape index (κ3) is 5.39. The highest BCUT2D eigenvalue weighted by atomic mass is 79.9. The molecular formula is C21H22BrN3O3S. The Bertz CT molecular complexity index is 918. The number of halogens is 1. The second-order valence-corrected chi connectivity index (χ2v) is 8.45. The zero-order chi connectivity index (χ0) is 20.8. The number of carbonyl (C=O) groups excluding carboxylic acids is 2. The summed E-state index contributed by atoms with van der Waals surface area (Å²) >= 11 is 4.75. The molecule has 0 saturated carbocycles. The highest BCUT2D eigenvalue weighted by Gasteiger charge is 2.38. The second-order valence-electron chi connectivity index (χ2n) is 6.42. The molecule has 29 heavy (non-hydrogen) atoms. The summed E-state index contributed by atoms with van der Waals surface area (Å²) in [5.74, 6) is 0.465. The van der Waals surface area contributed by atoms with Crippen LogP contribution >= 0.6 is 27.7 Å². The van der Waals surface area contributed by atoms with Gasteiger partial charge in [-0.3, -0.25) is 14.5 Å². The number of nitrogens with one attached hydrogen (secondary N) is 1. The van der Waals surface area contributed by atoms with E-state index in [2.05, 4.69) is 26.2 Å². The fourth-order valence-electron chi connectivity index (χ4n) is 2.85. The minimum absolute atomic E-state index is 0.0774. The van der Waals surface area contributed by atoms with E-state index in [1.54, 1.807) is 12.0 Å². The van der Waals surface area contributed by atoms with E-state index in [9.17, 15) is 9.59 Å². The Hall–Kier alpha value is -2.32. The molecule has 1 saturated heterocycles. The standard InChI is InChI=1S/C21H22BrN3O3S/c1-3-12-25-20(27)18(13-19(26)24-17-7-5-4-6-16(17)22)29-21(25)23-14-8-10-15(28-2)11-9-14/h4-11,18H,3,12-13H2,1-2H3,(H,24,26). The number of anilines is 1. The first-order valence-electron chi connectivity index (χ1n) is 9.27. The first-order chi connectivity index (χ1) is 14.0. The number of carbonyl (C=O) groups is 2. The van der Waals surface area contributed by atoms with Crippen LogP contribution in [0.2, 0.25) is 0 Å². The van der Waals surface area contributed by atoms with Gasteiger partial charge in [0.05, 0.1) is 18.5 Å². The predicted molar refractivity (Wildman–Crippen MR) is 121 cm³/mol. The number of benzene rings is 2. The molecule has 1 unspecified atom stereocenters. The maximum Gasteiger partial charge on any atom is 0.242 e. The van der Waals surface area contributed by atoms with Crippen LogP contribution < -0.4 is 10.1 Å². The van der Waals surface area contributed by atoms with Gasteiger partial charge in [0.25, 0.3) is 0 Å². The lowest BCUT2D eigenvalue weighted by Gasteiger charge is -2.15. The molecule has 1 fully saturated rings. The maximum atomic E-state index is 12.9. The summed E-state index contributed by atoms with van der Waals surface area (Å²) in [4.78, 5) is 31.7. The van der Waals surface area contributed by atoms with Gasteiger partial charge >= 0.3 is 0 Å². The minimum Gasteiger partial charge on any atom is -0.497 e. The van der Waals surface area contributed by atoms with Gasteiger partial charge in [0.15, 0.2) is 5.17 Å². The fourth-order valence-corrected chi connectivity index (χ4v) is 4.42. The highest BCUT2D eigenvalue weighted by molar-refractivity contribution is 9.10. The molecule has 6 nitrogen and oxygen atoms in total. The topological polar surface area (TPSA) is 71.0 Å². The molecule has 0 radical (unpaired) electrons. The third-order valence-corrected chi connectivity index (χ3v) is 6.15. The number of ether oxygens (including phenoxy) is 1. The lowest BCUT2D eigenvalue weighted by molar-refractivity contribution is -0.128. The molecule has 8 heteroatoms. The van der Waals surface area contributed by atoms with Crippen LogP contribution in [0.1, 0.15) is 19.8 Å². The minimum atomic E-state index is -0.485. The van der Waals surface area contributed by atoms with Crippen LogP contribution in [0.4, 0.5) is 11.4 Å². The van der Waals surface area contributed by atoms with Crippen LogP contribution in [0.5, 0.6) is 5.75 Å². The van der Waals surface area contributed by atoms with E-state index in [0.29, 0.717) is 17.4 Å². The number of rotatable bonds is 7.